The van der Waals surface area contributed by atoms with E-state index in [4.69, 9.17) is 5.11 Å². The van der Waals surface area contributed by atoms with Crippen LogP contribution in [0.5, 0.6) is 0 Å². The molecule has 100 valence electrons. The highest BCUT2D eigenvalue weighted by Crippen LogP contribution is 2.21. The van der Waals surface area contributed by atoms with Gasteiger partial charge in [-0.05, 0) is 32.9 Å². The first kappa shape index (κ1) is 13.2. The second-order valence-corrected chi connectivity index (χ2v) is 5.22. The number of nitrogens with zero attached hydrogens (tertiary/aromatic N) is 4. The number of hydrogen-bond donors (Lipinski definition) is 1. The summed E-state index contributed by atoms with van der Waals surface area (Å²) in [4.78, 5) is 13.1. The van der Waals surface area contributed by atoms with Gasteiger partial charge in [0.15, 0.2) is 0 Å². The van der Waals surface area contributed by atoms with Gasteiger partial charge in [-0.25, -0.2) is 4.98 Å². The molecule has 2 heterocycles. The van der Waals surface area contributed by atoms with Crippen molar-refractivity contribution in [3.05, 3.63) is 18.1 Å². The highest BCUT2D eigenvalue weighted by molar-refractivity contribution is 5.36. The molecule has 0 atom stereocenters. The maximum absolute atomic E-state index is 8.94. The summed E-state index contributed by atoms with van der Waals surface area (Å²) >= 11 is 0. The molecule has 0 aliphatic carbocycles. The Morgan fingerprint density at radius 2 is 2.00 bits per heavy atom. The lowest BCUT2D eigenvalue weighted by molar-refractivity contribution is 0.276. The zero-order chi connectivity index (χ0) is 13.0. The van der Waals surface area contributed by atoms with E-state index < -0.39 is 0 Å². The summed E-state index contributed by atoms with van der Waals surface area (Å²) in [6, 6.07) is 0. The Kier molecular flexibility index (Phi) is 4.49. The molecule has 0 spiro atoms. The Bertz CT molecular complexity index is 358. The van der Waals surface area contributed by atoms with Crippen LogP contribution in [-0.4, -0.2) is 53.7 Å². The van der Waals surface area contributed by atoms with E-state index in [1.54, 1.807) is 12.4 Å². The molecule has 0 bridgehead atoms. The van der Waals surface area contributed by atoms with Crippen LogP contribution in [0.2, 0.25) is 0 Å². The van der Waals surface area contributed by atoms with E-state index in [-0.39, 0.29) is 6.61 Å². The summed E-state index contributed by atoms with van der Waals surface area (Å²) in [6.07, 6.45) is 5.84. The second-order valence-electron chi connectivity index (χ2n) is 5.22. The summed E-state index contributed by atoms with van der Waals surface area (Å²) in [5, 5.41) is 8.94. The van der Waals surface area contributed by atoms with Crippen molar-refractivity contribution in [3.8, 4) is 0 Å². The number of rotatable bonds is 4. The molecule has 1 saturated heterocycles. The minimum Gasteiger partial charge on any atom is -0.390 e. The fourth-order valence-corrected chi connectivity index (χ4v) is 2.45. The van der Waals surface area contributed by atoms with Gasteiger partial charge < -0.3 is 14.9 Å². The van der Waals surface area contributed by atoms with Crippen molar-refractivity contribution in [1.29, 1.82) is 0 Å². The minimum atomic E-state index is -0.0435. The van der Waals surface area contributed by atoms with E-state index in [0.29, 0.717) is 5.69 Å². The monoisotopic (exact) mass is 250 g/mol. The van der Waals surface area contributed by atoms with Gasteiger partial charge in [0, 0.05) is 19.6 Å². The SMILES string of the molecule is CN(C)CC1CCN(c2cnc(CO)cn2)CC1. The van der Waals surface area contributed by atoms with Crippen LogP contribution in [0, 0.1) is 5.92 Å². The van der Waals surface area contributed by atoms with Crippen LogP contribution >= 0.6 is 0 Å². The largest absolute Gasteiger partial charge is 0.390 e. The summed E-state index contributed by atoms with van der Waals surface area (Å²) in [5.74, 6) is 1.72. The van der Waals surface area contributed by atoms with Crippen molar-refractivity contribution in [2.75, 3.05) is 38.6 Å². The number of piperidine rings is 1. The topological polar surface area (TPSA) is 52.5 Å². The molecule has 0 aromatic carbocycles. The normalized spacial score (nSPS) is 17.4. The third-order valence-electron chi connectivity index (χ3n) is 3.42. The smallest absolute Gasteiger partial charge is 0.147 e. The predicted molar refractivity (Wildman–Crippen MR) is 71.4 cm³/mol. The minimum absolute atomic E-state index is 0.0435. The fraction of sp³-hybridized carbons (Fsp3) is 0.692. The summed E-state index contributed by atoms with van der Waals surface area (Å²) in [7, 11) is 4.26. The molecular formula is C13H22N4O. The molecule has 1 N–H and O–H groups in total. The van der Waals surface area contributed by atoms with Crippen molar-refractivity contribution in [2.45, 2.75) is 19.4 Å². The quantitative estimate of drug-likeness (QED) is 0.854. The standard InChI is InChI=1S/C13H22N4O/c1-16(2)9-11-3-5-17(6-4-11)13-8-14-12(10-18)7-15-13/h7-8,11,18H,3-6,9-10H2,1-2H3. The van der Waals surface area contributed by atoms with Gasteiger partial charge in [0.2, 0.25) is 0 Å². The van der Waals surface area contributed by atoms with E-state index >= 15 is 0 Å². The lowest BCUT2D eigenvalue weighted by Gasteiger charge is -2.33. The van der Waals surface area contributed by atoms with Gasteiger partial charge in [-0.15, -0.1) is 0 Å². The Balaban J connectivity index is 1.88. The first-order valence-electron chi connectivity index (χ1n) is 6.50. The van der Waals surface area contributed by atoms with Gasteiger partial charge in [0.1, 0.15) is 5.82 Å². The van der Waals surface area contributed by atoms with Crippen LogP contribution in [0.25, 0.3) is 0 Å². The average Bonchev–Trinajstić information content (AvgIpc) is 2.39. The maximum Gasteiger partial charge on any atom is 0.147 e. The first-order valence-corrected chi connectivity index (χ1v) is 6.50. The molecule has 1 aromatic heterocycles. The molecule has 1 aliphatic rings. The first-order chi connectivity index (χ1) is 8.69. The lowest BCUT2D eigenvalue weighted by Crippen LogP contribution is -2.37. The summed E-state index contributed by atoms with van der Waals surface area (Å²) in [5.41, 5.74) is 0.626. The van der Waals surface area contributed by atoms with Crippen LogP contribution in [0.1, 0.15) is 18.5 Å². The predicted octanol–water partition coefficient (Wildman–Crippen LogP) is 0.747. The van der Waals surface area contributed by atoms with Crippen molar-refractivity contribution in [2.24, 2.45) is 5.92 Å². The zero-order valence-electron chi connectivity index (χ0n) is 11.2. The van der Waals surface area contributed by atoms with E-state index in [2.05, 4.69) is 33.9 Å². The Hall–Kier alpha value is -1.20. The molecule has 0 unspecified atom stereocenters. The number of anilines is 1. The van der Waals surface area contributed by atoms with Crippen molar-refractivity contribution >= 4 is 5.82 Å². The van der Waals surface area contributed by atoms with Crippen LogP contribution < -0.4 is 4.90 Å². The maximum atomic E-state index is 8.94. The summed E-state index contributed by atoms with van der Waals surface area (Å²) in [6.45, 7) is 3.22. The van der Waals surface area contributed by atoms with Gasteiger partial charge in [-0.1, -0.05) is 0 Å². The number of aromatic nitrogens is 2. The molecule has 1 fully saturated rings. The number of hydrogen-bond acceptors (Lipinski definition) is 5. The van der Waals surface area contributed by atoms with Crippen molar-refractivity contribution in [3.63, 3.8) is 0 Å². The van der Waals surface area contributed by atoms with Crippen LogP contribution in [-0.2, 0) is 6.61 Å². The zero-order valence-corrected chi connectivity index (χ0v) is 11.2. The lowest BCUT2D eigenvalue weighted by atomic mass is 9.96. The average molecular weight is 250 g/mol. The van der Waals surface area contributed by atoms with Crippen LogP contribution in [0.15, 0.2) is 12.4 Å². The molecule has 2 rings (SSSR count). The highest BCUT2D eigenvalue weighted by atomic mass is 16.3. The Labute approximate surface area is 108 Å². The van der Waals surface area contributed by atoms with Crippen LogP contribution in [0.3, 0.4) is 0 Å². The van der Waals surface area contributed by atoms with E-state index in [1.165, 1.54) is 19.4 Å². The van der Waals surface area contributed by atoms with Crippen molar-refractivity contribution in [1.82, 2.24) is 14.9 Å². The molecule has 0 radical (unpaired) electrons. The number of aliphatic hydroxyl groups is 1. The molecular weight excluding hydrogens is 228 g/mol. The Morgan fingerprint density at radius 3 is 2.50 bits per heavy atom. The second kappa shape index (κ2) is 6.11. The van der Waals surface area contributed by atoms with Gasteiger partial charge in [0.05, 0.1) is 24.7 Å². The van der Waals surface area contributed by atoms with E-state index in [9.17, 15) is 0 Å². The van der Waals surface area contributed by atoms with Crippen LogP contribution in [0.4, 0.5) is 5.82 Å². The molecule has 1 aromatic rings. The molecule has 18 heavy (non-hydrogen) atoms. The van der Waals surface area contributed by atoms with Gasteiger partial charge in [0.25, 0.3) is 0 Å². The Morgan fingerprint density at radius 1 is 1.28 bits per heavy atom. The summed E-state index contributed by atoms with van der Waals surface area (Å²) < 4.78 is 0. The van der Waals surface area contributed by atoms with E-state index in [0.717, 1.165) is 24.8 Å². The highest BCUT2D eigenvalue weighted by Gasteiger charge is 2.20. The van der Waals surface area contributed by atoms with Gasteiger partial charge >= 0.3 is 0 Å². The molecule has 1 aliphatic heterocycles. The van der Waals surface area contributed by atoms with Gasteiger partial charge in [-0.2, -0.15) is 0 Å². The third kappa shape index (κ3) is 3.40. The third-order valence-corrected chi connectivity index (χ3v) is 3.42. The van der Waals surface area contributed by atoms with Gasteiger partial charge in [-0.3, -0.25) is 4.98 Å². The molecule has 0 amide bonds. The molecule has 5 heteroatoms. The van der Waals surface area contributed by atoms with Crippen molar-refractivity contribution < 1.29 is 5.11 Å². The van der Waals surface area contributed by atoms with E-state index in [1.807, 2.05) is 0 Å². The molecule has 0 saturated carbocycles. The fourth-order valence-electron chi connectivity index (χ4n) is 2.45. The molecule has 5 nitrogen and oxygen atoms in total. The number of aliphatic hydroxyl groups excluding tert-OH is 1.